The third-order valence-electron chi connectivity index (χ3n) is 3.35. The van der Waals surface area contributed by atoms with Gasteiger partial charge in [0.25, 0.3) is 0 Å². The molecule has 108 valence electrons. The Labute approximate surface area is 118 Å². The molecule has 1 aliphatic carbocycles. The number of benzene rings is 1. The van der Waals surface area contributed by atoms with Crippen LogP contribution in [0.4, 0.5) is 0 Å². The molecule has 0 unspecified atom stereocenters. The van der Waals surface area contributed by atoms with E-state index in [1.807, 2.05) is 24.3 Å². The summed E-state index contributed by atoms with van der Waals surface area (Å²) < 4.78 is 5.08. The van der Waals surface area contributed by atoms with E-state index in [1.165, 1.54) is 6.92 Å². The number of carbonyl (C=O) groups is 2. The zero-order chi connectivity index (χ0) is 14.5. The van der Waals surface area contributed by atoms with Crippen LogP contribution >= 0.6 is 0 Å². The topological polar surface area (TPSA) is 58.6 Å². The smallest absolute Gasteiger partial charge is 0.239 e. The van der Waals surface area contributed by atoms with E-state index in [9.17, 15) is 9.59 Å². The highest BCUT2D eigenvalue weighted by atomic mass is 16.5. The zero-order valence-corrected chi connectivity index (χ0v) is 11.9. The number of amides is 2. The van der Waals surface area contributed by atoms with E-state index in [-0.39, 0.29) is 24.4 Å². The number of nitrogens with one attached hydrogen (secondary N) is 1. The number of hydrogen-bond acceptors (Lipinski definition) is 3. The lowest BCUT2D eigenvalue weighted by Crippen LogP contribution is -2.40. The maximum atomic E-state index is 11.9. The van der Waals surface area contributed by atoms with E-state index in [0.29, 0.717) is 6.54 Å². The van der Waals surface area contributed by atoms with Crippen LogP contribution in [0.3, 0.4) is 0 Å². The van der Waals surface area contributed by atoms with E-state index < -0.39 is 0 Å². The molecule has 2 rings (SSSR count). The molecule has 1 aliphatic rings. The summed E-state index contributed by atoms with van der Waals surface area (Å²) in [5.74, 6) is 0.631. The van der Waals surface area contributed by atoms with E-state index in [1.54, 1.807) is 12.0 Å². The fourth-order valence-corrected chi connectivity index (χ4v) is 2.04. The van der Waals surface area contributed by atoms with E-state index in [0.717, 1.165) is 24.2 Å². The molecule has 0 heterocycles. The monoisotopic (exact) mass is 276 g/mol. The number of rotatable bonds is 6. The van der Waals surface area contributed by atoms with Gasteiger partial charge in [0.2, 0.25) is 11.8 Å². The molecular formula is C15H20N2O3. The van der Waals surface area contributed by atoms with Crippen molar-refractivity contribution in [3.05, 3.63) is 29.8 Å². The van der Waals surface area contributed by atoms with Gasteiger partial charge in [0.15, 0.2) is 0 Å². The molecule has 0 saturated heterocycles. The second-order valence-corrected chi connectivity index (χ2v) is 5.00. The lowest BCUT2D eigenvalue weighted by atomic mass is 10.2. The molecule has 0 spiro atoms. The number of hydrogen-bond donors (Lipinski definition) is 1. The summed E-state index contributed by atoms with van der Waals surface area (Å²) in [5, 5.41) is 2.83. The molecule has 1 aromatic carbocycles. The molecule has 0 atom stereocenters. The van der Waals surface area contributed by atoms with Gasteiger partial charge >= 0.3 is 0 Å². The van der Waals surface area contributed by atoms with Crippen molar-refractivity contribution >= 4 is 11.8 Å². The highest BCUT2D eigenvalue weighted by molar-refractivity contribution is 5.84. The van der Waals surface area contributed by atoms with Crippen molar-refractivity contribution in [1.29, 1.82) is 0 Å². The van der Waals surface area contributed by atoms with Crippen LogP contribution in [0, 0.1) is 0 Å². The van der Waals surface area contributed by atoms with Crippen LogP contribution in [-0.4, -0.2) is 36.4 Å². The first-order chi connectivity index (χ1) is 9.60. The third-order valence-corrected chi connectivity index (χ3v) is 3.35. The van der Waals surface area contributed by atoms with Gasteiger partial charge in [-0.2, -0.15) is 0 Å². The number of nitrogens with zero attached hydrogens (tertiary/aromatic N) is 1. The van der Waals surface area contributed by atoms with Gasteiger partial charge in [0.05, 0.1) is 13.7 Å². The fraction of sp³-hybridized carbons (Fsp3) is 0.467. The van der Waals surface area contributed by atoms with Crippen LogP contribution in [0.25, 0.3) is 0 Å². The Morgan fingerprint density at radius 2 is 1.95 bits per heavy atom. The van der Waals surface area contributed by atoms with Crippen molar-refractivity contribution in [2.45, 2.75) is 32.4 Å². The molecule has 1 aromatic rings. The summed E-state index contributed by atoms with van der Waals surface area (Å²) in [5.41, 5.74) is 1.000. The van der Waals surface area contributed by atoms with Gasteiger partial charge in [-0.1, -0.05) is 12.1 Å². The highest BCUT2D eigenvalue weighted by Crippen LogP contribution is 2.26. The third kappa shape index (κ3) is 3.98. The second kappa shape index (κ2) is 6.41. The lowest BCUT2D eigenvalue weighted by molar-refractivity contribution is -0.134. The Morgan fingerprint density at radius 1 is 1.30 bits per heavy atom. The van der Waals surface area contributed by atoms with Crippen molar-refractivity contribution in [1.82, 2.24) is 10.2 Å². The average Bonchev–Trinajstić information content (AvgIpc) is 3.27. The summed E-state index contributed by atoms with van der Waals surface area (Å²) in [6, 6.07) is 7.78. The first-order valence-corrected chi connectivity index (χ1v) is 6.77. The quantitative estimate of drug-likeness (QED) is 0.852. The van der Waals surface area contributed by atoms with Crippen molar-refractivity contribution < 1.29 is 14.3 Å². The first-order valence-electron chi connectivity index (χ1n) is 6.77. The van der Waals surface area contributed by atoms with E-state index in [2.05, 4.69) is 5.32 Å². The lowest BCUT2D eigenvalue weighted by Gasteiger charge is -2.19. The van der Waals surface area contributed by atoms with Crippen LogP contribution < -0.4 is 10.1 Å². The van der Waals surface area contributed by atoms with E-state index in [4.69, 9.17) is 4.74 Å². The Bertz CT molecular complexity index is 480. The Hall–Kier alpha value is -2.04. The van der Waals surface area contributed by atoms with Gasteiger partial charge in [-0.25, -0.2) is 0 Å². The van der Waals surface area contributed by atoms with Gasteiger partial charge in [-0.3, -0.25) is 9.59 Å². The SMILES string of the molecule is COc1ccc(CNC(=O)CN(C(C)=O)C2CC2)cc1. The molecular weight excluding hydrogens is 256 g/mol. The Kier molecular flexibility index (Phi) is 4.61. The molecule has 20 heavy (non-hydrogen) atoms. The van der Waals surface area contributed by atoms with Crippen molar-refractivity contribution in [2.24, 2.45) is 0 Å². The maximum Gasteiger partial charge on any atom is 0.239 e. The van der Waals surface area contributed by atoms with Gasteiger partial charge in [-0.15, -0.1) is 0 Å². The molecule has 0 aromatic heterocycles. The Morgan fingerprint density at radius 3 is 2.45 bits per heavy atom. The molecule has 1 fully saturated rings. The zero-order valence-electron chi connectivity index (χ0n) is 11.9. The average molecular weight is 276 g/mol. The van der Waals surface area contributed by atoms with Crippen LogP contribution in [0.5, 0.6) is 5.75 Å². The predicted octanol–water partition coefficient (Wildman–Crippen LogP) is 1.32. The second-order valence-electron chi connectivity index (χ2n) is 5.00. The molecule has 1 saturated carbocycles. The van der Waals surface area contributed by atoms with Gasteiger partial charge in [-0.05, 0) is 30.5 Å². The fourth-order valence-electron chi connectivity index (χ4n) is 2.04. The molecule has 5 heteroatoms. The van der Waals surface area contributed by atoms with E-state index >= 15 is 0 Å². The first kappa shape index (κ1) is 14.4. The minimum Gasteiger partial charge on any atom is -0.497 e. The number of methoxy groups -OCH3 is 1. The maximum absolute atomic E-state index is 11.9. The van der Waals surface area contributed by atoms with Gasteiger partial charge < -0.3 is 15.0 Å². The van der Waals surface area contributed by atoms with Crippen molar-refractivity contribution in [2.75, 3.05) is 13.7 Å². The summed E-state index contributed by atoms with van der Waals surface area (Å²) in [7, 11) is 1.62. The molecule has 1 N–H and O–H groups in total. The molecule has 0 radical (unpaired) electrons. The van der Waals surface area contributed by atoms with Crippen LogP contribution in [0.1, 0.15) is 25.3 Å². The normalized spacial score (nSPS) is 13.7. The summed E-state index contributed by atoms with van der Waals surface area (Å²) >= 11 is 0. The van der Waals surface area contributed by atoms with Crippen LogP contribution in [0.15, 0.2) is 24.3 Å². The summed E-state index contributed by atoms with van der Waals surface area (Å²) in [6.07, 6.45) is 2.01. The van der Waals surface area contributed by atoms with Crippen molar-refractivity contribution in [3.63, 3.8) is 0 Å². The predicted molar refractivity (Wildman–Crippen MR) is 75.2 cm³/mol. The summed E-state index contributed by atoms with van der Waals surface area (Å²) in [6.45, 7) is 2.12. The Balaban J connectivity index is 1.80. The summed E-state index contributed by atoms with van der Waals surface area (Å²) in [4.78, 5) is 24.9. The van der Waals surface area contributed by atoms with Crippen LogP contribution in [0.2, 0.25) is 0 Å². The standard InChI is InChI=1S/C15H20N2O3/c1-11(18)17(13-5-6-13)10-15(19)16-9-12-3-7-14(20-2)8-4-12/h3-4,7-8,13H,5-6,9-10H2,1-2H3,(H,16,19). The number of ether oxygens (including phenoxy) is 1. The molecule has 2 amide bonds. The van der Waals surface area contributed by atoms with Crippen LogP contribution in [-0.2, 0) is 16.1 Å². The largest absolute Gasteiger partial charge is 0.497 e. The van der Waals surface area contributed by atoms with Gasteiger partial charge in [0.1, 0.15) is 5.75 Å². The molecule has 5 nitrogen and oxygen atoms in total. The van der Waals surface area contributed by atoms with Gasteiger partial charge in [0, 0.05) is 19.5 Å². The minimum absolute atomic E-state index is 0.0351. The highest BCUT2D eigenvalue weighted by Gasteiger charge is 2.31. The van der Waals surface area contributed by atoms with Crippen molar-refractivity contribution in [3.8, 4) is 5.75 Å². The molecule has 0 aliphatic heterocycles. The molecule has 0 bridgehead atoms. The minimum atomic E-state index is -0.122. The number of carbonyl (C=O) groups excluding carboxylic acids is 2.